The Hall–Kier alpha value is -3.92. The lowest BCUT2D eigenvalue weighted by Crippen LogP contribution is -2.13. The number of hydrogen-bond acceptors (Lipinski definition) is 7. The van der Waals surface area contributed by atoms with Crippen LogP contribution in [-0.4, -0.2) is 34.8 Å². The molecule has 4 aromatic rings. The number of benzene rings is 2. The first-order chi connectivity index (χ1) is 15.5. The lowest BCUT2D eigenvalue weighted by molar-refractivity contribution is 0.356. The monoisotopic (exact) mass is 449 g/mol. The van der Waals surface area contributed by atoms with Crippen LogP contribution in [0.1, 0.15) is 11.4 Å². The Morgan fingerprint density at radius 2 is 1.91 bits per heavy atom. The third kappa shape index (κ3) is 4.00. The van der Waals surface area contributed by atoms with Crippen molar-refractivity contribution in [1.82, 2.24) is 19.7 Å². The van der Waals surface area contributed by atoms with Crippen LogP contribution in [-0.2, 0) is 16.4 Å². The number of aromatic nitrogens is 4. The zero-order valence-corrected chi connectivity index (χ0v) is 17.9. The molecule has 0 aliphatic carbocycles. The van der Waals surface area contributed by atoms with Crippen LogP contribution < -0.4 is 14.2 Å². The number of ether oxygens (including phenoxy) is 2. The molecule has 1 N–H and O–H groups in total. The molecule has 0 saturated heterocycles. The van der Waals surface area contributed by atoms with Crippen LogP contribution in [0.25, 0.3) is 5.82 Å². The van der Waals surface area contributed by atoms with Crippen molar-refractivity contribution in [3.8, 4) is 23.2 Å². The van der Waals surface area contributed by atoms with Gasteiger partial charge in [-0.3, -0.25) is 9.29 Å². The zero-order chi connectivity index (χ0) is 22.1. The summed E-state index contributed by atoms with van der Waals surface area (Å²) in [6, 6.07) is 14.9. The maximum Gasteiger partial charge on any atom is 0.261 e. The summed E-state index contributed by atoms with van der Waals surface area (Å²) in [6.07, 6.45) is 4.20. The highest BCUT2D eigenvalue weighted by Gasteiger charge is 2.19. The molecule has 0 radical (unpaired) electrons. The van der Waals surface area contributed by atoms with Crippen molar-refractivity contribution in [2.24, 2.45) is 0 Å². The maximum absolute atomic E-state index is 12.7. The highest BCUT2D eigenvalue weighted by Crippen LogP contribution is 2.29. The summed E-state index contributed by atoms with van der Waals surface area (Å²) in [5.74, 6) is 3.00. The lowest BCUT2D eigenvalue weighted by atomic mass is 10.2. The van der Waals surface area contributed by atoms with E-state index in [2.05, 4.69) is 19.9 Å². The second-order valence-corrected chi connectivity index (χ2v) is 8.86. The maximum atomic E-state index is 12.7. The number of aryl methyl sites for hydroxylation is 1. The molecule has 0 bridgehead atoms. The van der Waals surface area contributed by atoms with Gasteiger partial charge in [-0.05, 0) is 61.0 Å². The van der Waals surface area contributed by atoms with E-state index < -0.39 is 10.0 Å². The largest absolute Gasteiger partial charge is 0.493 e. The molecule has 2 aromatic heterocycles. The number of nitrogens with one attached hydrogen (secondary N) is 1. The van der Waals surface area contributed by atoms with Crippen LogP contribution in [0.4, 0.5) is 5.69 Å². The number of rotatable bonds is 6. The fourth-order valence-electron chi connectivity index (χ4n) is 3.37. The van der Waals surface area contributed by atoms with Crippen molar-refractivity contribution in [3.05, 3.63) is 78.4 Å². The van der Waals surface area contributed by atoms with E-state index in [0.29, 0.717) is 36.2 Å². The zero-order valence-electron chi connectivity index (χ0n) is 17.1. The normalized spacial score (nSPS) is 12.8. The van der Waals surface area contributed by atoms with Gasteiger partial charge in [0, 0.05) is 30.6 Å². The summed E-state index contributed by atoms with van der Waals surface area (Å²) in [5.41, 5.74) is 1.32. The molecule has 1 aliphatic rings. The number of anilines is 1. The average molecular weight is 449 g/mol. The van der Waals surface area contributed by atoms with Gasteiger partial charge < -0.3 is 9.47 Å². The first-order valence-corrected chi connectivity index (χ1v) is 11.4. The van der Waals surface area contributed by atoms with Crippen LogP contribution >= 0.6 is 0 Å². The van der Waals surface area contributed by atoms with Crippen molar-refractivity contribution in [2.75, 3.05) is 11.3 Å². The molecule has 162 valence electrons. The summed E-state index contributed by atoms with van der Waals surface area (Å²) < 4.78 is 41.0. The van der Waals surface area contributed by atoms with Crippen LogP contribution in [0.2, 0.25) is 0 Å². The summed E-state index contributed by atoms with van der Waals surface area (Å²) in [4.78, 5) is 4.36. The Kier molecular flexibility index (Phi) is 4.98. The van der Waals surface area contributed by atoms with E-state index in [4.69, 9.17) is 9.47 Å². The summed E-state index contributed by atoms with van der Waals surface area (Å²) >= 11 is 0. The van der Waals surface area contributed by atoms with Gasteiger partial charge in [0.05, 0.1) is 11.5 Å². The van der Waals surface area contributed by atoms with E-state index in [0.717, 1.165) is 17.1 Å². The number of fused-ring (bicyclic) bond motifs is 1. The molecular weight excluding hydrogens is 430 g/mol. The Balaban J connectivity index is 1.26. The molecular formula is C22H19N5O4S. The molecule has 10 heteroatoms. The molecule has 0 amide bonds. The van der Waals surface area contributed by atoms with E-state index in [9.17, 15) is 8.42 Å². The fourth-order valence-corrected chi connectivity index (χ4v) is 4.48. The van der Waals surface area contributed by atoms with Gasteiger partial charge in [0.25, 0.3) is 10.0 Å². The van der Waals surface area contributed by atoms with Crippen LogP contribution in [0.15, 0.2) is 71.9 Å². The highest BCUT2D eigenvalue weighted by atomic mass is 32.2. The summed E-state index contributed by atoms with van der Waals surface area (Å²) in [6.45, 7) is 2.45. The third-order valence-corrected chi connectivity index (χ3v) is 6.38. The van der Waals surface area contributed by atoms with E-state index in [1.54, 1.807) is 60.9 Å². The molecule has 32 heavy (non-hydrogen) atoms. The van der Waals surface area contributed by atoms with E-state index in [1.165, 1.54) is 6.07 Å². The summed E-state index contributed by atoms with van der Waals surface area (Å²) in [7, 11) is -3.71. The molecule has 9 nitrogen and oxygen atoms in total. The molecule has 0 spiro atoms. The molecule has 0 atom stereocenters. The topological polar surface area (TPSA) is 108 Å². The Labute approximate surface area is 184 Å². The van der Waals surface area contributed by atoms with E-state index in [1.807, 2.05) is 11.5 Å². The molecule has 1 aliphatic heterocycles. The van der Waals surface area contributed by atoms with Crippen LogP contribution in [0.5, 0.6) is 17.4 Å². The standard InChI is InChI=1S/C22H19N5O4S/c1-15-23-11-12-27(15)21-8-9-22(25-24-21)31-18-4-2-17(3-5-18)26-32(28,29)19-6-7-20-16(14-19)10-13-30-20/h2-9,11-12,14,26H,10,13H2,1H3. The van der Waals surface area contributed by atoms with Crippen molar-refractivity contribution in [2.45, 2.75) is 18.2 Å². The van der Waals surface area contributed by atoms with Crippen molar-refractivity contribution in [1.29, 1.82) is 0 Å². The Morgan fingerprint density at radius 1 is 1.06 bits per heavy atom. The quantitative estimate of drug-likeness (QED) is 0.480. The first-order valence-electron chi connectivity index (χ1n) is 9.88. The molecule has 0 saturated carbocycles. The highest BCUT2D eigenvalue weighted by molar-refractivity contribution is 7.92. The molecule has 3 heterocycles. The number of imidazole rings is 1. The lowest BCUT2D eigenvalue weighted by Gasteiger charge is -2.10. The van der Waals surface area contributed by atoms with Crippen molar-refractivity contribution < 1.29 is 17.9 Å². The fraction of sp³-hybridized carbons (Fsp3) is 0.136. The van der Waals surface area contributed by atoms with Gasteiger partial charge >= 0.3 is 0 Å². The van der Waals surface area contributed by atoms with Crippen LogP contribution in [0.3, 0.4) is 0 Å². The van der Waals surface area contributed by atoms with Gasteiger partial charge in [-0.25, -0.2) is 13.4 Å². The van der Waals surface area contributed by atoms with Crippen molar-refractivity contribution >= 4 is 15.7 Å². The minimum absolute atomic E-state index is 0.200. The predicted molar refractivity (Wildman–Crippen MR) is 117 cm³/mol. The molecule has 0 fully saturated rings. The smallest absolute Gasteiger partial charge is 0.261 e. The number of nitrogens with zero attached hydrogens (tertiary/aromatic N) is 4. The first kappa shape index (κ1) is 20.0. The van der Waals surface area contributed by atoms with Gasteiger partial charge in [-0.1, -0.05) is 0 Å². The Morgan fingerprint density at radius 3 is 2.62 bits per heavy atom. The van der Waals surface area contributed by atoms with Gasteiger partial charge in [0.15, 0.2) is 5.82 Å². The predicted octanol–water partition coefficient (Wildman–Crippen LogP) is 3.50. The molecule has 0 unspecified atom stereocenters. The number of hydrogen-bond donors (Lipinski definition) is 1. The second kappa shape index (κ2) is 7.97. The second-order valence-electron chi connectivity index (χ2n) is 7.17. The Bertz CT molecular complexity index is 1370. The molecule has 5 rings (SSSR count). The van der Waals surface area contributed by atoms with Gasteiger partial charge in [-0.15, -0.1) is 10.2 Å². The van der Waals surface area contributed by atoms with Gasteiger partial charge in [0.1, 0.15) is 17.3 Å². The summed E-state index contributed by atoms with van der Waals surface area (Å²) in [5, 5.41) is 8.23. The van der Waals surface area contributed by atoms with Crippen LogP contribution in [0, 0.1) is 6.92 Å². The van der Waals surface area contributed by atoms with Crippen molar-refractivity contribution in [3.63, 3.8) is 0 Å². The van der Waals surface area contributed by atoms with E-state index >= 15 is 0 Å². The van der Waals surface area contributed by atoms with E-state index in [-0.39, 0.29) is 4.90 Å². The molecule has 2 aromatic carbocycles. The minimum Gasteiger partial charge on any atom is -0.493 e. The SMILES string of the molecule is Cc1nccn1-c1ccc(Oc2ccc(NS(=O)(=O)c3ccc4c(c3)CCO4)cc2)nn1. The van der Waals surface area contributed by atoms with Gasteiger partial charge in [0.2, 0.25) is 5.88 Å². The average Bonchev–Trinajstić information content (AvgIpc) is 3.44. The number of sulfonamides is 1. The van der Waals surface area contributed by atoms with Gasteiger partial charge in [-0.2, -0.15) is 0 Å². The third-order valence-electron chi connectivity index (χ3n) is 5.00. The minimum atomic E-state index is -3.71.